The Kier molecular flexibility index (Phi) is 8.83. The van der Waals surface area contributed by atoms with E-state index in [9.17, 15) is 0 Å². The van der Waals surface area contributed by atoms with E-state index >= 15 is 0 Å². The zero-order chi connectivity index (χ0) is 41.7. The van der Waals surface area contributed by atoms with E-state index in [4.69, 9.17) is 0 Å². The van der Waals surface area contributed by atoms with E-state index in [0.717, 1.165) is 39.5 Å². The molecule has 0 N–H and O–H groups in total. The van der Waals surface area contributed by atoms with Crippen LogP contribution in [0.2, 0.25) is 0 Å². The fourth-order valence-corrected chi connectivity index (χ4v) is 9.68. The summed E-state index contributed by atoms with van der Waals surface area (Å²) < 4.78 is 4.84. The summed E-state index contributed by atoms with van der Waals surface area (Å²) in [5, 5.41) is 4.94. The van der Waals surface area contributed by atoms with E-state index in [1.165, 1.54) is 65.9 Å². The van der Waals surface area contributed by atoms with E-state index in [1.807, 2.05) is 0 Å². The molecule has 0 amide bonds. The topological polar surface area (TPSA) is 13.1 Å². The maximum Gasteiger partial charge on any atom is 0.0562 e. The highest BCUT2D eigenvalue weighted by Gasteiger charge is 2.22. The monoisotopic (exact) mass is 803 g/mol. The van der Waals surface area contributed by atoms with Crippen molar-refractivity contribution >= 4 is 60.7 Å². The number of fused-ring (bicyclic) bond motifs is 6. The lowest BCUT2D eigenvalue weighted by Gasteiger charge is -2.28. The molecule has 12 aromatic rings. The molecule has 0 spiro atoms. The van der Waals surface area contributed by atoms with Gasteiger partial charge in [-0.05, 0) is 101 Å². The Morgan fingerprint density at radius 3 is 1.52 bits per heavy atom. The molecule has 0 aliphatic rings. The van der Waals surface area contributed by atoms with Crippen molar-refractivity contribution in [1.82, 2.24) is 9.13 Å². The van der Waals surface area contributed by atoms with Crippen molar-refractivity contribution < 1.29 is 0 Å². The zero-order valence-corrected chi connectivity index (χ0v) is 34.5. The fourth-order valence-electron chi connectivity index (χ4n) is 9.68. The molecule has 296 valence electrons. The van der Waals surface area contributed by atoms with Crippen LogP contribution < -0.4 is 4.90 Å². The first-order chi connectivity index (χ1) is 31.3. The Hall–Kier alpha value is -8.40. The number of hydrogen-bond donors (Lipinski definition) is 0. The quantitative estimate of drug-likeness (QED) is 0.149. The number of hydrogen-bond acceptors (Lipinski definition) is 1. The Balaban J connectivity index is 1.08. The molecule has 0 radical (unpaired) electrons. The largest absolute Gasteiger partial charge is 0.310 e. The molecule has 0 bridgehead atoms. The van der Waals surface area contributed by atoms with Crippen molar-refractivity contribution in [3.8, 4) is 44.8 Å². The zero-order valence-electron chi connectivity index (χ0n) is 34.5. The van der Waals surface area contributed by atoms with Crippen LogP contribution in [0.25, 0.3) is 88.4 Å². The SMILES string of the molecule is c1ccc(-c2ccc3c4ccccc4n(-c4ccc(N(c5ccc6c7c(-c8ccccc8)cccc7n(-c7ccccc7)c6c5)c5ccccc5-c5ccccc5)cc4)c3c2)cc1. The Morgan fingerprint density at radius 1 is 0.270 bits per heavy atom. The van der Waals surface area contributed by atoms with E-state index in [2.05, 4.69) is 263 Å². The summed E-state index contributed by atoms with van der Waals surface area (Å²) in [4.78, 5) is 2.43. The van der Waals surface area contributed by atoms with Crippen molar-refractivity contribution in [1.29, 1.82) is 0 Å². The molecule has 0 atom stereocenters. The Labute approximate surface area is 366 Å². The van der Waals surface area contributed by atoms with Crippen LogP contribution >= 0.6 is 0 Å². The summed E-state index contributed by atoms with van der Waals surface area (Å²) in [5.41, 5.74) is 17.3. The van der Waals surface area contributed by atoms with Crippen LogP contribution in [0.15, 0.2) is 249 Å². The summed E-state index contributed by atoms with van der Waals surface area (Å²) in [6.45, 7) is 0. The van der Waals surface area contributed by atoms with E-state index in [1.54, 1.807) is 0 Å². The normalized spacial score (nSPS) is 11.5. The van der Waals surface area contributed by atoms with Gasteiger partial charge in [-0.1, -0.05) is 176 Å². The van der Waals surface area contributed by atoms with Crippen LogP contribution in [0.5, 0.6) is 0 Å². The first-order valence-corrected chi connectivity index (χ1v) is 21.6. The molecule has 0 saturated carbocycles. The minimum atomic E-state index is 1.07. The summed E-state index contributed by atoms with van der Waals surface area (Å²) in [5.74, 6) is 0. The average Bonchev–Trinajstić information content (AvgIpc) is 3.88. The molecular weight excluding hydrogens is 763 g/mol. The van der Waals surface area contributed by atoms with E-state index in [-0.39, 0.29) is 0 Å². The molecule has 3 nitrogen and oxygen atoms in total. The molecule has 0 unspecified atom stereocenters. The van der Waals surface area contributed by atoms with E-state index < -0.39 is 0 Å². The summed E-state index contributed by atoms with van der Waals surface area (Å²) in [7, 11) is 0. The third-order valence-electron chi connectivity index (χ3n) is 12.5. The third-order valence-corrected chi connectivity index (χ3v) is 12.5. The minimum absolute atomic E-state index is 1.07. The molecule has 12 rings (SSSR count). The van der Waals surface area contributed by atoms with Gasteiger partial charge >= 0.3 is 0 Å². The second kappa shape index (κ2) is 15.3. The predicted molar refractivity (Wildman–Crippen MR) is 266 cm³/mol. The van der Waals surface area contributed by atoms with Gasteiger partial charge in [0.25, 0.3) is 0 Å². The van der Waals surface area contributed by atoms with E-state index in [0.29, 0.717) is 0 Å². The van der Waals surface area contributed by atoms with Gasteiger partial charge in [-0.3, -0.25) is 0 Å². The molecule has 3 heteroatoms. The number of aromatic nitrogens is 2. The Morgan fingerprint density at radius 2 is 0.778 bits per heavy atom. The van der Waals surface area contributed by atoms with Gasteiger partial charge in [0.2, 0.25) is 0 Å². The highest BCUT2D eigenvalue weighted by atomic mass is 15.1. The van der Waals surface area contributed by atoms with Gasteiger partial charge in [0.05, 0.1) is 27.8 Å². The van der Waals surface area contributed by atoms with Crippen molar-refractivity contribution in [2.45, 2.75) is 0 Å². The van der Waals surface area contributed by atoms with Gasteiger partial charge in [-0.15, -0.1) is 0 Å². The molecule has 0 fully saturated rings. The molecule has 2 heterocycles. The molecule has 63 heavy (non-hydrogen) atoms. The van der Waals surface area contributed by atoms with Crippen molar-refractivity contribution in [2.75, 3.05) is 4.90 Å². The van der Waals surface area contributed by atoms with Crippen LogP contribution in [0.3, 0.4) is 0 Å². The Bertz CT molecular complexity index is 3590. The van der Waals surface area contributed by atoms with Gasteiger partial charge < -0.3 is 14.0 Å². The van der Waals surface area contributed by atoms with Gasteiger partial charge in [0.1, 0.15) is 0 Å². The van der Waals surface area contributed by atoms with Crippen LogP contribution in [0.1, 0.15) is 0 Å². The molecule has 0 aliphatic heterocycles. The number of anilines is 3. The van der Waals surface area contributed by atoms with Crippen LogP contribution in [-0.4, -0.2) is 9.13 Å². The average molecular weight is 804 g/mol. The lowest BCUT2D eigenvalue weighted by atomic mass is 9.99. The van der Waals surface area contributed by atoms with Gasteiger partial charge in [0, 0.05) is 49.9 Å². The number of benzene rings is 10. The van der Waals surface area contributed by atoms with Crippen LogP contribution in [0, 0.1) is 0 Å². The minimum Gasteiger partial charge on any atom is -0.310 e. The van der Waals surface area contributed by atoms with Crippen molar-refractivity contribution in [2.24, 2.45) is 0 Å². The maximum absolute atomic E-state index is 2.43. The van der Waals surface area contributed by atoms with Gasteiger partial charge in [-0.25, -0.2) is 0 Å². The lowest BCUT2D eigenvalue weighted by molar-refractivity contribution is 1.17. The molecule has 10 aromatic carbocycles. The van der Waals surface area contributed by atoms with Crippen LogP contribution in [0.4, 0.5) is 17.1 Å². The molecule has 0 aliphatic carbocycles. The van der Waals surface area contributed by atoms with Crippen molar-refractivity contribution in [3.63, 3.8) is 0 Å². The second-order valence-electron chi connectivity index (χ2n) is 16.1. The highest BCUT2D eigenvalue weighted by Crippen LogP contribution is 2.45. The van der Waals surface area contributed by atoms with Gasteiger partial charge in [-0.2, -0.15) is 0 Å². The highest BCUT2D eigenvalue weighted by molar-refractivity contribution is 6.16. The number of rotatable bonds is 8. The second-order valence-corrected chi connectivity index (χ2v) is 16.1. The standard InChI is InChI=1S/C60H41N3/c1-5-18-42(19-6-1)45-32-38-53-52-27-14-16-30-56(52)62(58(53)40-45)48-35-33-47(34-36-48)61(55-29-15-13-26-50(55)43-20-7-2-8-21-43)49-37-39-54-59(41-49)63(46-24-11-4-12-25-46)57-31-17-28-51(60(54)57)44-22-9-3-10-23-44/h1-41H. The maximum atomic E-state index is 2.43. The summed E-state index contributed by atoms with van der Waals surface area (Å²) in [6, 6.07) is 90.1. The predicted octanol–water partition coefficient (Wildman–Crippen LogP) is 16.4. The lowest BCUT2D eigenvalue weighted by Crippen LogP contribution is -2.11. The van der Waals surface area contributed by atoms with Crippen molar-refractivity contribution in [3.05, 3.63) is 249 Å². The molecule has 0 saturated heterocycles. The first kappa shape index (κ1) is 36.5. The number of nitrogens with zero attached hydrogens (tertiary/aromatic N) is 3. The van der Waals surface area contributed by atoms with Crippen LogP contribution in [-0.2, 0) is 0 Å². The fraction of sp³-hybridized carbons (Fsp3) is 0. The smallest absolute Gasteiger partial charge is 0.0562 e. The number of para-hydroxylation sites is 3. The third kappa shape index (κ3) is 6.21. The summed E-state index contributed by atoms with van der Waals surface area (Å²) in [6.07, 6.45) is 0. The first-order valence-electron chi connectivity index (χ1n) is 21.6. The molecular formula is C60H41N3. The summed E-state index contributed by atoms with van der Waals surface area (Å²) >= 11 is 0. The molecule has 2 aromatic heterocycles. The van der Waals surface area contributed by atoms with Gasteiger partial charge in [0.15, 0.2) is 0 Å².